The molecule has 8 nitrogen and oxygen atoms in total. The van der Waals surface area contributed by atoms with Gasteiger partial charge in [-0.25, -0.2) is 9.98 Å². The fraction of sp³-hybridized carbons (Fsp3) is 0.321. The highest BCUT2D eigenvalue weighted by atomic mass is 16.5. The van der Waals surface area contributed by atoms with E-state index in [9.17, 15) is 10.5 Å². The first-order chi connectivity index (χ1) is 17.3. The molecule has 1 aliphatic heterocycles. The number of ether oxygens (including phenoxy) is 1. The molecule has 182 valence electrons. The molecule has 0 unspecified atom stereocenters. The average Bonchev–Trinajstić information content (AvgIpc) is 2.90. The third kappa shape index (κ3) is 5.51. The maximum atomic E-state index is 9.77. The fourth-order valence-electron chi connectivity index (χ4n) is 4.03. The van der Waals surface area contributed by atoms with Crippen LogP contribution in [0.4, 0.5) is 11.5 Å². The lowest BCUT2D eigenvalue weighted by molar-refractivity contribution is 0.0904. The van der Waals surface area contributed by atoms with Gasteiger partial charge in [-0.1, -0.05) is 6.07 Å². The Kier molecular flexibility index (Phi) is 7.28. The Balaban J connectivity index is 1.63. The SMILES string of the molecule is Cc1ccc(N=C(N)c2ccnc(C(C)(C)C#N)c2)cc1-c1cnc(NC2CCOCC2)c(C#N)c1. The quantitative estimate of drug-likeness (QED) is 0.385. The molecule has 1 aliphatic rings. The molecule has 0 bridgehead atoms. The van der Waals surface area contributed by atoms with Gasteiger partial charge in [-0.15, -0.1) is 0 Å². The number of aliphatic imine (C=N–C) groups is 1. The highest BCUT2D eigenvalue weighted by Crippen LogP contribution is 2.30. The van der Waals surface area contributed by atoms with Gasteiger partial charge in [0.05, 0.1) is 28.4 Å². The van der Waals surface area contributed by atoms with E-state index in [1.165, 1.54) is 0 Å². The first-order valence-electron chi connectivity index (χ1n) is 11.9. The molecular formula is C28H29N7O. The minimum Gasteiger partial charge on any atom is -0.383 e. The van der Waals surface area contributed by atoms with Crippen molar-refractivity contribution in [3.8, 4) is 23.3 Å². The Hall–Kier alpha value is -4.27. The number of nitrogens with zero attached hydrogens (tertiary/aromatic N) is 5. The predicted octanol–water partition coefficient (Wildman–Crippen LogP) is 4.75. The van der Waals surface area contributed by atoms with Gasteiger partial charge in [-0.3, -0.25) is 4.98 Å². The van der Waals surface area contributed by atoms with E-state index in [4.69, 9.17) is 10.5 Å². The monoisotopic (exact) mass is 479 g/mol. The molecule has 2 aromatic heterocycles. The molecule has 1 saturated heterocycles. The number of nitrogens with one attached hydrogen (secondary N) is 1. The van der Waals surface area contributed by atoms with Gasteiger partial charge >= 0.3 is 0 Å². The van der Waals surface area contributed by atoms with Crippen LogP contribution < -0.4 is 11.1 Å². The summed E-state index contributed by atoms with van der Waals surface area (Å²) in [5.41, 5.74) is 10.9. The molecule has 0 spiro atoms. The van der Waals surface area contributed by atoms with Crippen molar-refractivity contribution in [3.05, 3.63) is 71.2 Å². The summed E-state index contributed by atoms with van der Waals surface area (Å²) in [5.74, 6) is 0.923. The molecule has 8 heteroatoms. The van der Waals surface area contributed by atoms with Gasteiger partial charge in [0.25, 0.3) is 0 Å². The Labute approximate surface area is 211 Å². The van der Waals surface area contributed by atoms with Crippen LogP contribution in [0.5, 0.6) is 0 Å². The number of pyridine rings is 2. The second-order valence-corrected chi connectivity index (χ2v) is 9.43. The van der Waals surface area contributed by atoms with Crippen molar-refractivity contribution >= 4 is 17.3 Å². The van der Waals surface area contributed by atoms with E-state index in [1.54, 1.807) is 24.5 Å². The van der Waals surface area contributed by atoms with E-state index >= 15 is 0 Å². The third-order valence-electron chi connectivity index (χ3n) is 6.33. The van der Waals surface area contributed by atoms with E-state index < -0.39 is 5.41 Å². The Bertz CT molecular complexity index is 1380. The topological polar surface area (TPSA) is 133 Å². The molecule has 3 aromatic rings. The summed E-state index contributed by atoms with van der Waals surface area (Å²) in [6.07, 6.45) is 5.20. The largest absolute Gasteiger partial charge is 0.383 e. The molecule has 36 heavy (non-hydrogen) atoms. The predicted molar refractivity (Wildman–Crippen MR) is 140 cm³/mol. The zero-order chi connectivity index (χ0) is 25.7. The number of amidine groups is 1. The van der Waals surface area contributed by atoms with Crippen LogP contribution in [-0.2, 0) is 10.2 Å². The minimum absolute atomic E-state index is 0.249. The summed E-state index contributed by atoms with van der Waals surface area (Å²) in [6.45, 7) is 7.05. The zero-order valence-electron chi connectivity index (χ0n) is 20.7. The standard InChI is InChI=1S/C28H29N7O/c1-18-4-5-23(34-26(31)19-6-9-32-25(13-19)28(2,3)17-30)14-24(18)21-12-20(15-29)27(33-16-21)35-22-7-10-36-11-8-22/h4-6,9,12-14,16,22H,7-8,10-11H2,1-3H3,(H2,31,34)(H,33,35). The molecule has 3 N–H and O–H groups in total. The van der Waals surface area contributed by atoms with Crippen LogP contribution in [0.15, 0.2) is 53.8 Å². The summed E-state index contributed by atoms with van der Waals surface area (Å²) in [7, 11) is 0. The number of rotatable bonds is 6. The van der Waals surface area contributed by atoms with Gasteiger partial charge < -0.3 is 15.8 Å². The smallest absolute Gasteiger partial charge is 0.144 e. The second kappa shape index (κ2) is 10.6. The zero-order valence-corrected chi connectivity index (χ0v) is 20.7. The second-order valence-electron chi connectivity index (χ2n) is 9.43. The molecule has 4 rings (SSSR count). The summed E-state index contributed by atoms with van der Waals surface area (Å²) in [6, 6.07) is 16.0. The van der Waals surface area contributed by atoms with Gasteiger partial charge in [0.15, 0.2) is 0 Å². The number of benzene rings is 1. The molecule has 0 saturated carbocycles. The van der Waals surface area contributed by atoms with Crippen molar-refractivity contribution in [1.82, 2.24) is 9.97 Å². The van der Waals surface area contributed by atoms with Gasteiger partial charge in [0.2, 0.25) is 0 Å². The highest BCUT2D eigenvalue weighted by molar-refractivity contribution is 5.99. The van der Waals surface area contributed by atoms with Crippen LogP contribution in [0, 0.1) is 29.6 Å². The number of hydrogen-bond donors (Lipinski definition) is 2. The Morgan fingerprint density at radius 2 is 1.92 bits per heavy atom. The van der Waals surface area contributed by atoms with Crippen molar-refractivity contribution in [2.75, 3.05) is 18.5 Å². The number of nitriles is 2. The highest BCUT2D eigenvalue weighted by Gasteiger charge is 2.22. The first-order valence-corrected chi connectivity index (χ1v) is 11.9. The molecule has 3 heterocycles. The third-order valence-corrected chi connectivity index (χ3v) is 6.33. The van der Waals surface area contributed by atoms with Crippen LogP contribution in [0.3, 0.4) is 0 Å². The van der Waals surface area contributed by atoms with Crippen molar-refractivity contribution in [2.45, 2.75) is 45.1 Å². The average molecular weight is 480 g/mol. The van der Waals surface area contributed by atoms with E-state index in [1.807, 2.05) is 45.0 Å². The Morgan fingerprint density at radius 3 is 2.64 bits per heavy atom. The van der Waals surface area contributed by atoms with Crippen molar-refractivity contribution in [2.24, 2.45) is 10.7 Å². The number of nitrogens with two attached hydrogens (primary N) is 1. The maximum Gasteiger partial charge on any atom is 0.144 e. The lowest BCUT2D eigenvalue weighted by Gasteiger charge is -2.24. The van der Waals surface area contributed by atoms with E-state index in [0.29, 0.717) is 47.4 Å². The van der Waals surface area contributed by atoms with Crippen LogP contribution in [0.25, 0.3) is 11.1 Å². The van der Waals surface area contributed by atoms with Crippen LogP contribution in [0.1, 0.15) is 49.1 Å². The first kappa shape index (κ1) is 24.8. The fourth-order valence-corrected chi connectivity index (χ4v) is 4.03. The summed E-state index contributed by atoms with van der Waals surface area (Å²) in [4.78, 5) is 13.5. The molecular weight excluding hydrogens is 450 g/mol. The van der Waals surface area contributed by atoms with Gasteiger partial charge in [0, 0.05) is 42.8 Å². The summed E-state index contributed by atoms with van der Waals surface area (Å²) < 4.78 is 5.42. The van der Waals surface area contributed by atoms with E-state index in [0.717, 1.165) is 29.5 Å². The van der Waals surface area contributed by atoms with Crippen LogP contribution >= 0.6 is 0 Å². The maximum absolute atomic E-state index is 9.77. The van der Waals surface area contributed by atoms with Gasteiger partial charge in [-0.05, 0) is 75.1 Å². The summed E-state index contributed by atoms with van der Waals surface area (Å²) >= 11 is 0. The van der Waals surface area contributed by atoms with Crippen molar-refractivity contribution in [3.63, 3.8) is 0 Å². The van der Waals surface area contributed by atoms with Gasteiger partial charge in [0.1, 0.15) is 17.7 Å². The lowest BCUT2D eigenvalue weighted by atomic mass is 9.90. The molecule has 0 atom stereocenters. The lowest BCUT2D eigenvalue weighted by Crippen LogP contribution is -2.28. The van der Waals surface area contributed by atoms with E-state index in [-0.39, 0.29) is 6.04 Å². The summed E-state index contributed by atoms with van der Waals surface area (Å²) in [5, 5.41) is 22.6. The molecule has 0 radical (unpaired) electrons. The molecule has 0 amide bonds. The number of aryl methyl sites for hydroxylation is 1. The number of hydrogen-bond acceptors (Lipinski definition) is 7. The number of anilines is 1. The van der Waals surface area contributed by atoms with Crippen molar-refractivity contribution < 1.29 is 4.74 Å². The van der Waals surface area contributed by atoms with Gasteiger partial charge in [-0.2, -0.15) is 10.5 Å². The molecule has 1 fully saturated rings. The Morgan fingerprint density at radius 1 is 1.14 bits per heavy atom. The van der Waals surface area contributed by atoms with Crippen LogP contribution in [-0.4, -0.2) is 35.1 Å². The number of aromatic nitrogens is 2. The van der Waals surface area contributed by atoms with Crippen molar-refractivity contribution in [1.29, 1.82) is 10.5 Å². The van der Waals surface area contributed by atoms with Crippen LogP contribution in [0.2, 0.25) is 0 Å². The molecule has 0 aliphatic carbocycles. The molecule has 1 aromatic carbocycles. The minimum atomic E-state index is -0.732. The normalized spacial score (nSPS) is 14.6. The van der Waals surface area contributed by atoms with E-state index in [2.05, 4.69) is 32.4 Å².